The minimum Gasteiger partial charge on any atom is -0.173 e. The zero-order valence-electron chi connectivity index (χ0n) is 14.8. The van der Waals surface area contributed by atoms with Crippen molar-refractivity contribution in [2.24, 2.45) is 0 Å². The van der Waals surface area contributed by atoms with Crippen molar-refractivity contribution in [3.8, 4) is 11.1 Å². The Morgan fingerprint density at radius 1 is 0.696 bits per heavy atom. The number of aromatic nitrogens is 2. The van der Waals surface area contributed by atoms with E-state index in [0.29, 0.717) is 0 Å². The molecular formula is C20H24N2S. The quantitative estimate of drug-likeness (QED) is 0.552. The second-order valence-corrected chi connectivity index (χ2v) is 8.73. The van der Waals surface area contributed by atoms with Crippen molar-refractivity contribution in [1.29, 1.82) is 0 Å². The van der Waals surface area contributed by atoms with Crippen LogP contribution >= 0.6 is 11.7 Å². The predicted octanol–water partition coefficient (Wildman–Crippen LogP) is 5.95. The largest absolute Gasteiger partial charge is 0.173 e. The first kappa shape index (κ1) is 16.1. The zero-order valence-corrected chi connectivity index (χ0v) is 15.6. The summed E-state index contributed by atoms with van der Waals surface area (Å²) >= 11 is 1.30. The molecular weight excluding hydrogens is 300 g/mol. The molecule has 0 saturated carbocycles. The van der Waals surface area contributed by atoms with E-state index in [1.54, 1.807) is 0 Å². The van der Waals surface area contributed by atoms with Gasteiger partial charge in [-0.1, -0.05) is 77.9 Å². The van der Waals surface area contributed by atoms with Gasteiger partial charge in [-0.3, -0.25) is 0 Å². The van der Waals surface area contributed by atoms with Gasteiger partial charge in [0.15, 0.2) is 0 Å². The van der Waals surface area contributed by atoms with Crippen LogP contribution in [0.4, 0.5) is 0 Å². The number of benzene rings is 2. The van der Waals surface area contributed by atoms with Crippen LogP contribution in [-0.2, 0) is 10.8 Å². The van der Waals surface area contributed by atoms with Gasteiger partial charge in [0.2, 0.25) is 0 Å². The summed E-state index contributed by atoms with van der Waals surface area (Å²) in [5.74, 6) is 0. The average Bonchev–Trinajstić information content (AvgIpc) is 2.93. The van der Waals surface area contributed by atoms with E-state index in [0.717, 1.165) is 11.0 Å². The van der Waals surface area contributed by atoms with Gasteiger partial charge in [-0.2, -0.15) is 8.75 Å². The summed E-state index contributed by atoms with van der Waals surface area (Å²) < 4.78 is 9.13. The summed E-state index contributed by atoms with van der Waals surface area (Å²) in [5, 5.41) is 0. The molecule has 1 aromatic heterocycles. The summed E-state index contributed by atoms with van der Waals surface area (Å²) in [6, 6.07) is 13.2. The number of rotatable bonds is 1. The van der Waals surface area contributed by atoms with Crippen LogP contribution in [0.15, 0.2) is 36.4 Å². The molecule has 0 bridgehead atoms. The molecule has 0 aliphatic rings. The van der Waals surface area contributed by atoms with Crippen molar-refractivity contribution in [2.45, 2.75) is 52.4 Å². The molecule has 0 saturated heterocycles. The first-order valence-electron chi connectivity index (χ1n) is 8.04. The number of hydrogen-bond acceptors (Lipinski definition) is 3. The Hall–Kier alpha value is -1.74. The third-order valence-corrected chi connectivity index (χ3v) is 4.81. The second-order valence-electron chi connectivity index (χ2n) is 8.20. The lowest BCUT2D eigenvalue weighted by molar-refractivity contribution is 0.590. The Morgan fingerprint density at radius 3 is 1.87 bits per heavy atom. The van der Waals surface area contributed by atoms with E-state index >= 15 is 0 Å². The minimum absolute atomic E-state index is 0.0720. The molecule has 0 N–H and O–H groups in total. The summed E-state index contributed by atoms with van der Waals surface area (Å²) in [5.41, 5.74) is 7.29. The molecule has 0 aliphatic heterocycles. The lowest BCUT2D eigenvalue weighted by Gasteiger charge is -2.21. The van der Waals surface area contributed by atoms with E-state index in [9.17, 15) is 0 Å². The van der Waals surface area contributed by atoms with Crippen molar-refractivity contribution >= 4 is 22.8 Å². The van der Waals surface area contributed by atoms with Crippen molar-refractivity contribution in [1.82, 2.24) is 8.75 Å². The lowest BCUT2D eigenvalue weighted by atomic mass is 9.84. The van der Waals surface area contributed by atoms with Crippen LogP contribution in [0.25, 0.3) is 22.2 Å². The molecule has 3 heteroatoms. The molecule has 2 aromatic carbocycles. The van der Waals surface area contributed by atoms with Gasteiger partial charge >= 0.3 is 0 Å². The van der Waals surface area contributed by atoms with Gasteiger partial charge in [0, 0.05) is 5.56 Å². The molecule has 1 heterocycles. The SMILES string of the molecule is CC(C)(C)c1ccc(-c2ccc(C(C)(C)C)c3nsnc23)cc1. The lowest BCUT2D eigenvalue weighted by Crippen LogP contribution is -2.12. The molecule has 0 spiro atoms. The molecule has 0 aliphatic carbocycles. The highest BCUT2D eigenvalue weighted by Gasteiger charge is 2.21. The van der Waals surface area contributed by atoms with Crippen LogP contribution in [0.5, 0.6) is 0 Å². The van der Waals surface area contributed by atoms with E-state index in [2.05, 4.69) is 86.7 Å². The van der Waals surface area contributed by atoms with Crippen LogP contribution in [-0.4, -0.2) is 8.75 Å². The predicted molar refractivity (Wildman–Crippen MR) is 100 cm³/mol. The monoisotopic (exact) mass is 324 g/mol. The molecule has 0 radical (unpaired) electrons. The first-order chi connectivity index (χ1) is 10.7. The summed E-state index contributed by atoms with van der Waals surface area (Å²) in [4.78, 5) is 0. The third-order valence-electron chi connectivity index (χ3n) is 4.29. The van der Waals surface area contributed by atoms with Crippen LogP contribution < -0.4 is 0 Å². The zero-order chi connectivity index (χ0) is 16.8. The van der Waals surface area contributed by atoms with Gasteiger partial charge in [-0.25, -0.2) is 0 Å². The van der Waals surface area contributed by atoms with E-state index in [4.69, 9.17) is 0 Å². The third kappa shape index (κ3) is 3.02. The fraction of sp³-hybridized carbons (Fsp3) is 0.400. The molecule has 3 rings (SSSR count). The summed E-state index contributed by atoms with van der Waals surface area (Å²) in [6.07, 6.45) is 0. The van der Waals surface area contributed by atoms with Gasteiger partial charge < -0.3 is 0 Å². The Bertz CT molecular complexity index is 831. The number of nitrogens with zero attached hydrogens (tertiary/aromatic N) is 2. The molecule has 2 nitrogen and oxygen atoms in total. The van der Waals surface area contributed by atoms with Gasteiger partial charge in [0.25, 0.3) is 0 Å². The Balaban J connectivity index is 2.13. The van der Waals surface area contributed by atoms with Crippen LogP contribution in [0.2, 0.25) is 0 Å². The van der Waals surface area contributed by atoms with Gasteiger partial charge in [0.05, 0.1) is 11.7 Å². The molecule has 0 amide bonds. The minimum atomic E-state index is 0.0720. The molecule has 120 valence electrons. The highest BCUT2D eigenvalue weighted by atomic mass is 32.1. The van der Waals surface area contributed by atoms with Crippen LogP contribution in [0.1, 0.15) is 52.7 Å². The Kier molecular flexibility index (Phi) is 3.80. The van der Waals surface area contributed by atoms with Crippen LogP contribution in [0, 0.1) is 0 Å². The van der Waals surface area contributed by atoms with Crippen molar-refractivity contribution in [3.05, 3.63) is 47.5 Å². The Morgan fingerprint density at radius 2 is 1.30 bits per heavy atom. The maximum absolute atomic E-state index is 4.57. The number of fused-ring (bicyclic) bond motifs is 1. The van der Waals surface area contributed by atoms with Crippen molar-refractivity contribution < 1.29 is 0 Å². The highest BCUT2D eigenvalue weighted by Crippen LogP contribution is 2.35. The smallest absolute Gasteiger partial charge is 0.112 e. The Labute approximate surface area is 142 Å². The standard InChI is InChI=1S/C20H24N2S/c1-19(2,3)14-9-7-13(8-10-14)15-11-12-16(20(4,5)6)18-17(15)21-23-22-18/h7-12H,1-6H3. The van der Waals surface area contributed by atoms with Crippen LogP contribution in [0.3, 0.4) is 0 Å². The van der Waals surface area contributed by atoms with E-state index < -0.39 is 0 Å². The van der Waals surface area contributed by atoms with E-state index in [1.807, 2.05) is 0 Å². The fourth-order valence-electron chi connectivity index (χ4n) is 2.85. The molecule has 0 unspecified atom stereocenters. The molecule has 23 heavy (non-hydrogen) atoms. The molecule has 3 aromatic rings. The van der Waals surface area contributed by atoms with E-state index in [-0.39, 0.29) is 10.8 Å². The normalized spacial score (nSPS) is 12.8. The second kappa shape index (κ2) is 5.41. The maximum Gasteiger partial charge on any atom is 0.112 e. The highest BCUT2D eigenvalue weighted by molar-refractivity contribution is 7.00. The molecule has 0 atom stereocenters. The van der Waals surface area contributed by atoms with Crippen molar-refractivity contribution in [2.75, 3.05) is 0 Å². The topological polar surface area (TPSA) is 25.8 Å². The van der Waals surface area contributed by atoms with Crippen molar-refractivity contribution in [3.63, 3.8) is 0 Å². The molecule has 0 fully saturated rings. The first-order valence-corrected chi connectivity index (χ1v) is 8.77. The van der Waals surface area contributed by atoms with E-state index in [1.165, 1.54) is 34.0 Å². The maximum atomic E-state index is 4.57. The average molecular weight is 324 g/mol. The van der Waals surface area contributed by atoms with Gasteiger partial charge in [0.1, 0.15) is 11.0 Å². The van der Waals surface area contributed by atoms with Gasteiger partial charge in [-0.15, -0.1) is 0 Å². The number of hydrogen-bond donors (Lipinski definition) is 0. The fourth-order valence-corrected chi connectivity index (χ4v) is 3.43. The summed E-state index contributed by atoms with van der Waals surface area (Å²) in [7, 11) is 0. The summed E-state index contributed by atoms with van der Waals surface area (Å²) in [6.45, 7) is 13.4. The van der Waals surface area contributed by atoms with Gasteiger partial charge in [-0.05, 0) is 27.5 Å².